The van der Waals surface area contributed by atoms with Crippen molar-refractivity contribution in [2.24, 2.45) is 5.92 Å². The lowest BCUT2D eigenvalue weighted by atomic mass is 10.2. The van der Waals surface area contributed by atoms with Crippen LogP contribution in [-0.4, -0.2) is 21.2 Å². The molecule has 0 bridgehead atoms. The molecule has 1 heterocycles. The Balaban J connectivity index is 2.48. The van der Waals surface area contributed by atoms with Crippen LogP contribution < -0.4 is 27.2 Å². The fraction of sp³-hybridized carbons (Fsp3) is 0.450. The molecule has 0 saturated heterocycles. The third-order valence-electron chi connectivity index (χ3n) is 4.44. The molecule has 4 N–H and O–H groups in total. The van der Waals surface area contributed by atoms with Crippen molar-refractivity contribution in [1.82, 2.24) is 9.55 Å². The van der Waals surface area contributed by atoms with Crippen molar-refractivity contribution in [3.8, 4) is 0 Å². The molecule has 1 aromatic heterocycles. The summed E-state index contributed by atoms with van der Waals surface area (Å²) in [5.74, 6) is -0.162. The Morgan fingerprint density at radius 1 is 1.38 bits per heavy atom. The van der Waals surface area contributed by atoms with Crippen molar-refractivity contribution in [3.05, 3.63) is 50.4 Å². The van der Waals surface area contributed by atoms with Crippen molar-refractivity contribution in [2.75, 3.05) is 22.5 Å². The second-order valence-electron chi connectivity index (χ2n) is 7.40. The maximum absolute atomic E-state index is 13.9. The quantitative estimate of drug-likeness (QED) is 0.594. The number of anilines is 3. The van der Waals surface area contributed by atoms with Gasteiger partial charge in [0.05, 0.1) is 0 Å². The van der Waals surface area contributed by atoms with Crippen LogP contribution in [0.5, 0.6) is 0 Å². The van der Waals surface area contributed by atoms with Crippen LogP contribution in [0.15, 0.2) is 27.8 Å². The highest BCUT2D eigenvalue weighted by Crippen LogP contribution is 2.21. The Morgan fingerprint density at radius 3 is 2.66 bits per heavy atom. The van der Waals surface area contributed by atoms with E-state index in [1.54, 1.807) is 24.0 Å². The van der Waals surface area contributed by atoms with E-state index >= 15 is 0 Å². The van der Waals surface area contributed by atoms with E-state index in [-0.39, 0.29) is 28.4 Å². The monoisotopic (exact) mass is 421 g/mol. The van der Waals surface area contributed by atoms with Gasteiger partial charge >= 0.3 is 5.69 Å². The van der Waals surface area contributed by atoms with Gasteiger partial charge in [0, 0.05) is 18.8 Å². The zero-order chi connectivity index (χ0) is 21.7. The molecular formula is C20H28FN5O2S. The Kier molecular flexibility index (Phi) is 7.55. The molecule has 2 aromatic rings. The fourth-order valence-electron chi connectivity index (χ4n) is 2.88. The second-order valence-corrected chi connectivity index (χ2v) is 7.78. The second kappa shape index (κ2) is 9.69. The third kappa shape index (κ3) is 5.44. The average molecular weight is 422 g/mol. The Morgan fingerprint density at radius 2 is 2.07 bits per heavy atom. The number of aryl methyl sites for hydroxylation is 1. The van der Waals surface area contributed by atoms with Gasteiger partial charge in [0.2, 0.25) is 0 Å². The molecule has 0 amide bonds. The number of rotatable bonds is 7. The zero-order valence-corrected chi connectivity index (χ0v) is 18.0. The molecule has 9 heteroatoms. The highest BCUT2D eigenvalue weighted by Gasteiger charge is 2.23. The van der Waals surface area contributed by atoms with Crippen molar-refractivity contribution in [2.45, 2.75) is 47.1 Å². The summed E-state index contributed by atoms with van der Waals surface area (Å²) in [4.78, 5) is 28.7. The van der Waals surface area contributed by atoms with Crippen LogP contribution >= 0.6 is 12.2 Å². The van der Waals surface area contributed by atoms with E-state index < -0.39 is 11.2 Å². The maximum Gasteiger partial charge on any atom is 0.330 e. The number of nitrogens with two attached hydrogens (primary N) is 1. The predicted octanol–water partition coefficient (Wildman–Crippen LogP) is 3.23. The van der Waals surface area contributed by atoms with Gasteiger partial charge in [-0.3, -0.25) is 14.3 Å². The van der Waals surface area contributed by atoms with Gasteiger partial charge in [-0.05, 0) is 49.2 Å². The number of aromatic amines is 1. The number of hydrogen-bond acceptors (Lipinski definition) is 4. The van der Waals surface area contributed by atoms with Crippen LogP contribution in [0.25, 0.3) is 0 Å². The summed E-state index contributed by atoms with van der Waals surface area (Å²) in [6.45, 7) is 8.39. The molecule has 1 aromatic carbocycles. The Hall–Kier alpha value is -2.68. The number of halogens is 1. The van der Waals surface area contributed by atoms with Gasteiger partial charge < -0.3 is 16.0 Å². The van der Waals surface area contributed by atoms with Crippen LogP contribution in [0, 0.1) is 18.7 Å². The van der Waals surface area contributed by atoms with E-state index in [9.17, 15) is 14.0 Å². The standard InChI is InChI=1S/C20H28FN5O2S/c1-5-6-9-25-17(22)16(18(27)24-19(25)28)26(11-12(2)3)20(29)23-14-8-7-13(4)15(21)10-14/h7-8,10,12H,5-6,9,11,22H2,1-4H3,(H,23,29)(H,24,27,28). The fourth-order valence-corrected chi connectivity index (χ4v) is 3.16. The van der Waals surface area contributed by atoms with Gasteiger partial charge in [0.1, 0.15) is 11.6 Å². The molecule has 0 saturated carbocycles. The number of aromatic nitrogens is 2. The van der Waals surface area contributed by atoms with Crippen LogP contribution in [0.3, 0.4) is 0 Å². The first kappa shape index (κ1) is 22.6. The minimum atomic E-state index is -0.611. The topological polar surface area (TPSA) is 96.2 Å². The first-order valence-electron chi connectivity index (χ1n) is 9.63. The van der Waals surface area contributed by atoms with Gasteiger partial charge in [0.15, 0.2) is 10.8 Å². The normalized spacial score (nSPS) is 11.0. The lowest BCUT2D eigenvalue weighted by Crippen LogP contribution is -2.44. The number of H-pyrrole nitrogens is 1. The largest absolute Gasteiger partial charge is 0.383 e. The van der Waals surface area contributed by atoms with Crippen molar-refractivity contribution >= 4 is 34.5 Å². The lowest BCUT2D eigenvalue weighted by molar-refractivity contribution is 0.601. The first-order valence-corrected chi connectivity index (χ1v) is 10.0. The van der Waals surface area contributed by atoms with Crippen LogP contribution in [0.2, 0.25) is 0 Å². The molecule has 29 heavy (non-hydrogen) atoms. The minimum absolute atomic E-state index is 0.0621. The summed E-state index contributed by atoms with van der Waals surface area (Å²) in [6, 6.07) is 4.68. The summed E-state index contributed by atoms with van der Waals surface area (Å²) in [6.07, 6.45) is 1.61. The van der Waals surface area contributed by atoms with Gasteiger partial charge in [-0.2, -0.15) is 0 Å². The number of nitrogen functional groups attached to an aromatic ring is 1. The SMILES string of the molecule is CCCCn1c(N)c(N(CC(C)C)C(=S)Nc2ccc(C)c(F)c2)c(=O)[nH]c1=O. The average Bonchev–Trinajstić information content (AvgIpc) is 2.63. The summed E-state index contributed by atoms with van der Waals surface area (Å²) in [7, 11) is 0. The molecule has 0 atom stereocenters. The number of nitrogens with one attached hydrogen (secondary N) is 2. The summed E-state index contributed by atoms with van der Waals surface area (Å²) in [5.41, 5.74) is 6.16. The smallest absolute Gasteiger partial charge is 0.330 e. The molecule has 0 aliphatic rings. The number of unbranched alkanes of at least 4 members (excludes halogenated alkanes) is 1. The summed E-state index contributed by atoms with van der Waals surface area (Å²) < 4.78 is 15.2. The summed E-state index contributed by atoms with van der Waals surface area (Å²) >= 11 is 5.51. The van der Waals surface area contributed by atoms with E-state index in [1.807, 2.05) is 20.8 Å². The number of nitrogens with zero attached hydrogens (tertiary/aromatic N) is 2. The molecule has 0 aliphatic heterocycles. The number of benzene rings is 1. The lowest BCUT2D eigenvalue weighted by Gasteiger charge is -2.28. The predicted molar refractivity (Wildman–Crippen MR) is 120 cm³/mol. The molecule has 0 unspecified atom stereocenters. The Labute approximate surface area is 174 Å². The maximum atomic E-state index is 13.9. The van der Waals surface area contributed by atoms with E-state index in [4.69, 9.17) is 18.0 Å². The molecule has 7 nitrogen and oxygen atoms in total. The third-order valence-corrected chi connectivity index (χ3v) is 4.76. The Bertz CT molecular complexity index is 999. The highest BCUT2D eigenvalue weighted by molar-refractivity contribution is 7.80. The van der Waals surface area contributed by atoms with Gasteiger partial charge in [-0.1, -0.05) is 33.3 Å². The van der Waals surface area contributed by atoms with Gasteiger partial charge in [-0.15, -0.1) is 0 Å². The minimum Gasteiger partial charge on any atom is -0.383 e. The van der Waals surface area contributed by atoms with E-state index in [1.165, 1.54) is 10.6 Å². The van der Waals surface area contributed by atoms with Crippen LogP contribution in [-0.2, 0) is 6.54 Å². The number of hydrogen-bond donors (Lipinski definition) is 3. The van der Waals surface area contributed by atoms with E-state index in [0.29, 0.717) is 24.3 Å². The van der Waals surface area contributed by atoms with Crippen molar-refractivity contribution in [1.29, 1.82) is 0 Å². The van der Waals surface area contributed by atoms with Crippen molar-refractivity contribution in [3.63, 3.8) is 0 Å². The summed E-state index contributed by atoms with van der Waals surface area (Å²) in [5, 5.41) is 3.16. The molecule has 0 spiro atoms. The zero-order valence-electron chi connectivity index (χ0n) is 17.2. The number of thiocarbonyl (C=S) groups is 1. The molecular weight excluding hydrogens is 393 g/mol. The van der Waals surface area contributed by atoms with E-state index in [0.717, 1.165) is 12.8 Å². The van der Waals surface area contributed by atoms with Crippen LogP contribution in [0.1, 0.15) is 39.2 Å². The first-order chi connectivity index (χ1) is 13.6. The van der Waals surface area contributed by atoms with Gasteiger partial charge in [0.25, 0.3) is 5.56 Å². The molecule has 158 valence electrons. The molecule has 0 aliphatic carbocycles. The van der Waals surface area contributed by atoms with Crippen LogP contribution in [0.4, 0.5) is 21.6 Å². The molecule has 0 fully saturated rings. The highest BCUT2D eigenvalue weighted by atomic mass is 32.1. The van der Waals surface area contributed by atoms with Gasteiger partial charge in [-0.25, -0.2) is 9.18 Å². The van der Waals surface area contributed by atoms with Crippen molar-refractivity contribution < 1.29 is 4.39 Å². The van der Waals surface area contributed by atoms with E-state index in [2.05, 4.69) is 10.3 Å². The molecule has 0 radical (unpaired) electrons. The molecule has 2 rings (SSSR count).